The van der Waals surface area contributed by atoms with Gasteiger partial charge in [0.15, 0.2) is 0 Å². The molecule has 0 unspecified atom stereocenters. The van der Waals surface area contributed by atoms with Crippen LogP contribution in [0.15, 0.2) is 47.3 Å². The fraction of sp³-hybridized carbons (Fsp3) is 0.133. The molecule has 1 amide bonds. The molecule has 0 aliphatic heterocycles. The van der Waals surface area contributed by atoms with Gasteiger partial charge in [-0.2, -0.15) is 0 Å². The summed E-state index contributed by atoms with van der Waals surface area (Å²) in [6.07, 6.45) is 4.60. The standard InChI is InChI=1S/C15H13N5O2/c1-10-2-4-11(5-3-10)18-13(21)8-14-19-20-15(22-14)12-9-16-6-7-17-12/h2-7,9H,8H2,1H3,(H,18,21). The summed E-state index contributed by atoms with van der Waals surface area (Å²) in [6, 6.07) is 7.53. The lowest BCUT2D eigenvalue weighted by Crippen LogP contribution is -2.14. The number of aromatic nitrogens is 4. The first-order chi connectivity index (χ1) is 10.7. The molecule has 7 nitrogen and oxygen atoms in total. The Hall–Kier alpha value is -3.09. The number of hydrogen-bond acceptors (Lipinski definition) is 6. The van der Waals surface area contributed by atoms with Crippen LogP contribution in [0, 0.1) is 6.92 Å². The molecular weight excluding hydrogens is 282 g/mol. The van der Waals surface area contributed by atoms with Crippen molar-refractivity contribution in [3.63, 3.8) is 0 Å². The molecule has 7 heteroatoms. The number of anilines is 1. The molecule has 2 heterocycles. The highest BCUT2D eigenvalue weighted by atomic mass is 16.4. The highest BCUT2D eigenvalue weighted by molar-refractivity contribution is 5.91. The van der Waals surface area contributed by atoms with Crippen LogP contribution in [0.4, 0.5) is 5.69 Å². The molecule has 22 heavy (non-hydrogen) atoms. The van der Waals surface area contributed by atoms with E-state index in [-0.39, 0.29) is 24.1 Å². The van der Waals surface area contributed by atoms with E-state index in [1.54, 1.807) is 6.20 Å². The molecule has 0 bridgehead atoms. The first-order valence-electron chi connectivity index (χ1n) is 6.66. The summed E-state index contributed by atoms with van der Waals surface area (Å²) < 4.78 is 5.41. The minimum absolute atomic E-state index is 0.00113. The van der Waals surface area contributed by atoms with Crippen LogP contribution in [0.5, 0.6) is 0 Å². The molecule has 3 rings (SSSR count). The molecule has 3 aromatic rings. The minimum atomic E-state index is -0.224. The number of benzene rings is 1. The summed E-state index contributed by atoms with van der Waals surface area (Å²) in [5, 5.41) is 10.5. The second-order valence-electron chi connectivity index (χ2n) is 4.68. The molecule has 0 radical (unpaired) electrons. The number of rotatable bonds is 4. The monoisotopic (exact) mass is 295 g/mol. The fourth-order valence-corrected chi connectivity index (χ4v) is 1.82. The zero-order valence-electron chi connectivity index (χ0n) is 11.9. The highest BCUT2D eigenvalue weighted by Crippen LogP contribution is 2.14. The molecule has 2 aromatic heterocycles. The molecule has 0 saturated heterocycles. The van der Waals surface area contributed by atoms with Crippen LogP contribution in [0.25, 0.3) is 11.6 Å². The largest absolute Gasteiger partial charge is 0.419 e. The lowest BCUT2D eigenvalue weighted by atomic mass is 10.2. The van der Waals surface area contributed by atoms with Crippen LogP contribution in [0.3, 0.4) is 0 Å². The van der Waals surface area contributed by atoms with E-state index in [2.05, 4.69) is 25.5 Å². The zero-order valence-corrected chi connectivity index (χ0v) is 11.9. The summed E-state index contributed by atoms with van der Waals surface area (Å²) in [7, 11) is 0. The fourth-order valence-electron chi connectivity index (χ4n) is 1.82. The van der Waals surface area contributed by atoms with E-state index in [1.165, 1.54) is 12.4 Å². The van der Waals surface area contributed by atoms with Gasteiger partial charge in [0.2, 0.25) is 11.8 Å². The molecule has 0 fully saturated rings. The van der Waals surface area contributed by atoms with Gasteiger partial charge in [0, 0.05) is 18.1 Å². The SMILES string of the molecule is Cc1ccc(NC(=O)Cc2nnc(-c3cnccn3)o2)cc1. The Bertz CT molecular complexity index is 768. The normalized spacial score (nSPS) is 10.4. The predicted octanol–water partition coefficient (Wildman–Crippen LogP) is 2.02. The first kappa shape index (κ1) is 13.9. The van der Waals surface area contributed by atoms with Crippen molar-refractivity contribution in [3.8, 4) is 11.6 Å². The Morgan fingerprint density at radius 3 is 2.73 bits per heavy atom. The van der Waals surface area contributed by atoms with Gasteiger partial charge in [-0.05, 0) is 19.1 Å². The van der Waals surface area contributed by atoms with Crippen LogP contribution in [-0.2, 0) is 11.2 Å². The Morgan fingerprint density at radius 1 is 1.18 bits per heavy atom. The summed E-state index contributed by atoms with van der Waals surface area (Å²) >= 11 is 0. The van der Waals surface area contributed by atoms with Gasteiger partial charge in [0.1, 0.15) is 12.1 Å². The van der Waals surface area contributed by atoms with Gasteiger partial charge in [0.25, 0.3) is 5.89 Å². The lowest BCUT2D eigenvalue weighted by molar-refractivity contribution is -0.115. The number of amides is 1. The molecule has 0 spiro atoms. The Kier molecular flexibility index (Phi) is 3.86. The van der Waals surface area contributed by atoms with Gasteiger partial charge in [-0.1, -0.05) is 17.7 Å². The summed E-state index contributed by atoms with van der Waals surface area (Å²) in [5.74, 6) is 0.245. The van der Waals surface area contributed by atoms with E-state index < -0.39 is 0 Å². The number of aryl methyl sites for hydroxylation is 1. The van der Waals surface area contributed by atoms with E-state index in [1.807, 2.05) is 31.2 Å². The quantitative estimate of drug-likeness (QED) is 0.791. The maximum absolute atomic E-state index is 11.9. The van der Waals surface area contributed by atoms with Gasteiger partial charge in [0.05, 0.1) is 6.20 Å². The van der Waals surface area contributed by atoms with Crippen LogP contribution in [0.1, 0.15) is 11.5 Å². The molecule has 0 aliphatic rings. The summed E-state index contributed by atoms with van der Waals surface area (Å²) in [4.78, 5) is 19.9. The molecule has 110 valence electrons. The van der Waals surface area contributed by atoms with Crippen LogP contribution in [0.2, 0.25) is 0 Å². The number of hydrogen-bond donors (Lipinski definition) is 1. The molecule has 0 atom stereocenters. The van der Waals surface area contributed by atoms with Crippen molar-refractivity contribution in [2.45, 2.75) is 13.3 Å². The molecule has 0 aliphatic carbocycles. The third-order valence-electron chi connectivity index (χ3n) is 2.90. The van der Waals surface area contributed by atoms with E-state index in [4.69, 9.17) is 4.42 Å². The molecule has 1 aromatic carbocycles. The van der Waals surface area contributed by atoms with Gasteiger partial charge in [-0.3, -0.25) is 9.78 Å². The number of carbonyl (C=O) groups excluding carboxylic acids is 1. The predicted molar refractivity (Wildman–Crippen MR) is 78.8 cm³/mol. The Balaban J connectivity index is 1.65. The smallest absolute Gasteiger partial charge is 0.267 e. The van der Waals surface area contributed by atoms with Crippen molar-refractivity contribution in [1.29, 1.82) is 0 Å². The number of nitrogens with one attached hydrogen (secondary N) is 1. The Morgan fingerprint density at radius 2 is 2.00 bits per heavy atom. The van der Waals surface area contributed by atoms with Crippen LogP contribution >= 0.6 is 0 Å². The van der Waals surface area contributed by atoms with Crippen molar-refractivity contribution in [2.24, 2.45) is 0 Å². The van der Waals surface area contributed by atoms with E-state index >= 15 is 0 Å². The van der Waals surface area contributed by atoms with Gasteiger partial charge >= 0.3 is 0 Å². The van der Waals surface area contributed by atoms with Crippen molar-refractivity contribution < 1.29 is 9.21 Å². The third kappa shape index (κ3) is 3.32. The molecule has 0 saturated carbocycles. The van der Waals surface area contributed by atoms with E-state index in [0.29, 0.717) is 5.69 Å². The lowest BCUT2D eigenvalue weighted by Gasteiger charge is -2.03. The molecular formula is C15H13N5O2. The van der Waals surface area contributed by atoms with Crippen molar-refractivity contribution in [2.75, 3.05) is 5.32 Å². The minimum Gasteiger partial charge on any atom is -0.419 e. The third-order valence-corrected chi connectivity index (χ3v) is 2.90. The topological polar surface area (TPSA) is 93.8 Å². The number of nitrogens with zero attached hydrogens (tertiary/aromatic N) is 4. The second kappa shape index (κ2) is 6.13. The molecule has 1 N–H and O–H groups in total. The average Bonchev–Trinajstić information content (AvgIpc) is 2.99. The zero-order chi connectivity index (χ0) is 15.4. The van der Waals surface area contributed by atoms with E-state index in [0.717, 1.165) is 11.3 Å². The summed E-state index contributed by atoms with van der Waals surface area (Å²) in [5.41, 5.74) is 2.33. The maximum Gasteiger partial charge on any atom is 0.267 e. The van der Waals surface area contributed by atoms with Crippen molar-refractivity contribution in [3.05, 3.63) is 54.3 Å². The number of carbonyl (C=O) groups is 1. The van der Waals surface area contributed by atoms with Crippen LogP contribution < -0.4 is 5.32 Å². The van der Waals surface area contributed by atoms with Gasteiger partial charge in [-0.15, -0.1) is 10.2 Å². The summed E-state index contributed by atoms with van der Waals surface area (Å²) in [6.45, 7) is 1.98. The van der Waals surface area contributed by atoms with Crippen molar-refractivity contribution in [1.82, 2.24) is 20.2 Å². The average molecular weight is 295 g/mol. The van der Waals surface area contributed by atoms with E-state index in [9.17, 15) is 4.79 Å². The highest BCUT2D eigenvalue weighted by Gasteiger charge is 2.13. The van der Waals surface area contributed by atoms with Gasteiger partial charge < -0.3 is 9.73 Å². The van der Waals surface area contributed by atoms with Crippen molar-refractivity contribution >= 4 is 11.6 Å². The Labute approximate surface area is 126 Å². The second-order valence-corrected chi connectivity index (χ2v) is 4.68. The first-order valence-corrected chi connectivity index (χ1v) is 6.66. The van der Waals surface area contributed by atoms with Gasteiger partial charge in [-0.25, -0.2) is 4.98 Å². The maximum atomic E-state index is 11.9. The van der Waals surface area contributed by atoms with Crippen LogP contribution in [-0.4, -0.2) is 26.1 Å².